The van der Waals surface area contributed by atoms with Gasteiger partial charge in [-0.15, -0.1) is 33.9 Å². The Morgan fingerprint density at radius 1 is 1.42 bits per heavy atom. The van der Waals surface area contributed by atoms with E-state index in [1.54, 1.807) is 4.80 Å². The number of ether oxygens (including phenoxy) is 1. The molecule has 0 saturated carbocycles. The van der Waals surface area contributed by atoms with Gasteiger partial charge in [-0.1, -0.05) is 0 Å². The fourth-order valence-corrected chi connectivity index (χ4v) is 4.93. The first-order valence-corrected chi connectivity index (χ1v) is 10.9. The maximum atomic E-state index is 11.7. The van der Waals surface area contributed by atoms with Crippen LogP contribution in [0, 0.1) is 12.8 Å². The number of aryl methyl sites for hydroxylation is 2. The third-order valence-corrected chi connectivity index (χ3v) is 6.40. The fourth-order valence-electron chi connectivity index (χ4n) is 3.92. The third kappa shape index (κ3) is 5.23. The first kappa shape index (κ1) is 23.2. The number of anilines is 2. The van der Waals surface area contributed by atoms with Crippen molar-refractivity contribution in [2.24, 2.45) is 11.7 Å². The number of primary amides is 1. The number of fused-ring (bicyclic) bond motifs is 1. The Balaban J connectivity index is 0.00000272. The van der Waals surface area contributed by atoms with Gasteiger partial charge in [-0.05, 0) is 43.4 Å². The lowest BCUT2D eigenvalue weighted by Gasteiger charge is -2.35. The zero-order valence-corrected chi connectivity index (χ0v) is 19.0. The molecule has 1 fully saturated rings. The van der Waals surface area contributed by atoms with Crippen molar-refractivity contribution < 1.29 is 9.53 Å². The van der Waals surface area contributed by atoms with Crippen LogP contribution < -0.4 is 16.4 Å². The predicted octanol–water partition coefficient (Wildman–Crippen LogP) is 2.02. The van der Waals surface area contributed by atoms with Crippen LogP contribution in [0.25, 0.3) is 10.2 Å². The number of aromatic nitrogens is 5. The molecule has 1 amide bonds. The van der Waals surface area contributed by atoms with E-state index in [0.717, 1.165) is 53.9 Å². The summed E-state index contributed by atoms with van der Waals surface area (Å²) in [6, 6.07) is 2.05. The van der Waals surface area contributed by atoms with Crippen LogP contribution in [0.5, 0.6) is 0 Å². The van der Waals surface area contributed by atoms with Crippen molar-refractivity contribution in [1.29, 1.82) is 0 Å². The number of hydrogen-bond donors (Lipinski definition) is 2. The van der Waals surface area contributed by atoms with Crippen molar-refractivity contribution in [3.63, 3.8) is 0 Å². The van der Waals surface area contributed by atoms with E-state index < -0.39 is 5.91 Å². The summed E-state index contributed by atoms with van der Waals surface area (Å²) in [5.74, 6) is -0.0765. The molecule has 4 N–H and O–H groups in total. The smallest absolute Gasteiger partial charge is 0.260 e. The van der Waals surface area contributed by atoms with Crippen LogP contribution in [-0.2, 0) is 11.3 Å². The van der Waals surface area contributed by atoms with E-state index in [-0.39, 0.29) is 12.4 Å². The van der Waals surface area contributed by atoms with Crippen LogP contribution in [0.15, 0.2) is 12.4 Å². The van der Waals surface area contributed by atoms with Crippen LogP contribution in [-0.4, -0.2) is 57.4 Å². The standard InChI is InChI=1S/C19H26N8O2S.ClH/c1-12-8-14(15-16(20)17(18(21)28)30-19(15)24-12)26-5-2-4-13(9-26)10-29-7-3-6-27-23-11-22-25-27;/h8,11,13H,2-7,9-10,20H2,1H3,(H2,21,28);1H/t13-;/m0./s1. The molecule has 0 aromatic carbocycles. The van der Waals surface area contributed by atoms with E-state index >= 15 is 0 Å². The molecule has 168 valence electrons. The van der Waals surface area contributed by atoms with E-state index in [4.69, 9.17) is 16.2 Å². The van der Waals surface area contributed by atoms with Gasteiger partial charge < -0.3 is 21.1 Å². The van der Waals surface area contributed by atoms with Crippen LogP contribution in [0.2, 0.25) is 0 Å². The summed E-state index contributed by atoms with van der Waals surface area (Å²) in [4.78, 5) is 21.3. The number of halogens is 1. The SMILES string of the molecule is Cc1cc(N2CCC[C@H](COCCCn3ncnn3)C2)c2c(N)c(C(N)=O)sc2n1.Cl. The highest BCUT2D eigenvalue weighted by molar-refractivity contribution is 7.21. The Kier molecular flexibility index (Phi) is 7.63. The predicted molar refractivity (Wildman–Crippen MR) is 123 cm³/mol. The molecule has 0 unspecified atom stereocenters. The molecule has 0 bridgehead atoms. The van der Waals surface area contributed by atoms with E-state index in [1.807, 2.05) is 13.0 Å². The zero-order valence-electron chi connectivity index (χ0n) is 17.4. The second-order valence-electron chi connectivity index (χ2n) is 7.59. The van der Waals surface area contributed by atoms with E-state index in [1.165, 1.54) is 17.7 Å². The number of pyridine rings is 1. The lowest BCUT2D eigenvalue weighted by atomic mass is 9.98. The average molecular weight is 467 g/mol. The molecule has 1 aliphatic heterocycles. The van der Waals surface area contributed by atoms with Gasteiger partial charge in [0.2, 0.25) is 0 Å². The van der Waals surface area contributed by atoms with Crippen molar-refractivity contribution in [3.05, 3.63) is 23.0 Å². The number of thiophene rings is 1. The number of carbonyl (C=O) groups is 1. The summed E-state index contributed by atoms with van der Waals surface area (Å²) in [6.45, 7) is 5.84. The number of nitrogens with two attached hydrogens (primary N) is 2. The minimum Gasteiger partial charge on any atom is -0.397 e. The van der Waals surface area contributed by atoms with Gasteiger partial charge in [0.05, 0.1) is 29.9 Å². The van der Waals surface area contributed by atoms with Gasteiger partial charge in [0.25, 0.3) is 5.91 Å². The van der Waals surface area contributed by atoms with Crippen molar-refractivity contribution in [3.8, 4) is 0 Å². The quantitative estimate of drug-likeness (QED) is 0.481. The Bertz CT molecular complexity index is 1030. The van der Waals surface area contributed by atoms with E-state index in [0.29, 0.717) is 36.2 Å². The van der Waals surface area contributed by atoms with E-state index in [9.17, 15) is 4.79 Å². The Labute approximate surface area is 190 Å². The monoisotopic (exact) mass is 466 g/mol. The molecule has 4 heterocycles. The van der Waals surface area contributed by atoms with E-state index in [2.05, 4.69) is 25.3 Å². The molecule has 3 aromatic rings. The van der Waals surface area contributed by atoms with Crippen LogP contribution >= 0.6 is 23.7 Å². The average Bonchev–Trinajstić information content (AvgIpc) is 3.35. The van der Waals surface area contributed by atoms with Crippen molar-refractivity contribution in [2.75, 3.05) is 36.9 Å². The van der Waals surface area contributed by atoms with Crippen molar-refractivity contribution >= 4 is 51.2 Å². The highest BCUT2D eigenvalue weighted by Gasteiger charge is 2.25. The van der Waals surface area contributed by atoms with Gasteiger partial charge >= 0.3 is 0 Å². The molecule has 10 nitrogen and oxygen atoms in total. The summed E-state index contributed by atoms with van der Waals surface area (Å²) >= 11 is 1.26. The lowest BCUT2D eigenvalue weighted by Crippen LogP contribution is -2.37. The maximum Gasteiger partial charge on any atom is 0.260 e. The van der Waals surface area contributed by atoms with Crippen LogP contribution in [0.4, 0.5) is 11.4 Å². The largest absolute Gasteiger partial charge is 0.397 e. The van der Waals surface area contributed by atoms with Gasteiger partial charge in [0.1, 0.15) is 9.71 Å². The molecular weight excluding hydrogens is 440 g/mol. The number of tetrazole rings is 1. The number of piperidine rings is 1. The van der Waals surface area contributed by atoms with Crippen molar-refractivity contribution in [2.45, 2.75) is 32.7 Å². The number of hydrogen-bond acceptors (Lipinski definition) is 9. The molecule has 1 saturated heterocycles. The number of carbonyl (C=O) groups excluding carboxylic acids is 1. The molecular formula is C19H27ClN8O2S. The Morgan fingerprint density at radius 3 is 3.00 bits per heavy atom. The Morgan fingerprint density at radius 2 is 2.26 bits per heavy atom. The maximum absolute atomic E-state index is 11.7. The first-order valence-electron chi connectivity index (χ1n) is 10.1. The molecule has 0 aliphatic carbocycles. The lowest BCUT2D eigenvalue weighted by molar-refractivity contribution is 0.0884. The molecule has 4 rings (SSSR count). The molecule has 1 atom stereocenters. The van der Waals surface area contributed by atoms with Gasteiger partial charge in [-0.2, -0.15) is 4.80 Å². The third-order valence-electron chi connectivity index (χ3n) is 5.28. The minimum absolute atomic E-state index is 0. The first-order chi connectivity index (χ1) is 14.5. The highest BCUT2D eigenvalue weighted by Crippen LogP contribution is 2.40. The second kappa shape index (κ2) is 10.2. The summed E-state index contributed by atoms with van der Waals surface area (Å²) in [5.41, 5.74) is 14.1. The number of rotatable bonds is 8. The minimum atomic E-state index is -0.509. The summed E-state index contributed by atoms with van der Waals surface area (Å²) in [5, 5.41) is 12.4. The highest BCUT2D eigenvalue weighted by atomic mass is 35.5. The molecule has 0 radical (unpaired) electrons. The Hall–Kier alpha value is -2.50. The normalized spacial score (nSPS) is 16.4. The zero-order chi connectivity index (χ0) is 21.1. The number of nitrogens with zero attached hydrogens (tertiary/aromatic N) is 6. The van der Waals surface area contributed by atoms with Gasteiger partial charge in [0.15, 0.2) is 6.33 Å². The molecule has 12 heteroatoms. The van der Waals surface area contributed by atoms with Gasteiger partial charge in [0, 0.05) is 25.4 Å². The molecule has 31 heavy (non-hydrogen) atoms. The van der Waals surface area contributed by atoms with Crippen molar-refractivity contribution in [1.82, 2.24) is 25.2 Å². The summed E-state index contributed by atoms with van der Waals surface area (Å²) < 4.78 is 5.91. The van der Waals surface area contributed by atoms with Crippen LogP contribution in [0.1, 0.15) is 34.6 Å². The number of amides is 1. The van der Waals surface area contributed by atoms with Crippen LogP contribution in [0.3, 0.4) is 0 Å². The summed E-state index contributed by atoms with van der Waals surface area (Å²) in [7, 11) is 0. The fraction of sp³-hybridized carbons (Fsp3) is 0.526. The topological polar surface area (TPSA) is 138 Å². The molecule has 0 spiro atoms. The summed E-state index contributed by atoms with van der Waals surface area (Å²) in [6.07, 6.45) is 4.48. The van der Waals surface area contributed by atoms with Gasteiger partial charge in [-0.25, -0.2) is 4.98 Å². The number of nitrogen functional groups attached to an aromatic ring is 1. The molecule has 3 aromatic heterocycles. The second-order valence-corrected chi connectivity index (χ2v) is 8.59. The molecule has 1 aliphatic rings. The van der Waals surface area contributed by atoms with Gasteiger partial charge in [-0.3, -0.25) is 4.79 Å².